The molecule has 5 heteroatoms. The predicted octanol–water partition coefficient (Wildman–Crippen LogP) is 7.05. The first kappa shape index (κ1) is 27.6. The third kappa shape index (κ3) is 14.6. The van der Waals surface area contributed by atoms with Crippen LogP contribution < -0.4 is 0 Å². The van der Waals surface area contributed by atoms with Gasteiger partial charge in [-0.05, 0) is 38.5 Å². The third-order valence-electron chi connectivity index (χ3n) is 5.12. The van der Waals surface area contributed by atoms with Crippen LogP contribution in [0.2, 0.25) is 0 Å². The second-order valence-electron chi connectivity index (χ2n) is 8.71. The Morgan fingerprint density at radius 1 is 0.893 bits per heavy atom. The Labute approximate surface area is 175 Å². The van der Waals surface area contributed by atoms with E-state index in [1.807, 2.05) is 34.1 Å². The normalized spacial score (nSPS) is 15.6. The molecule has 166 valence electrons. The molecule has 0 aromatic carbocycles. The summed E-state index contributed by atoms with van der Waals surface area (Å²) in [5.41, 5.74) is 0. The molecule has 0 aliphatic carbocycles. The van der Waals surface area contributed by atoms with Crippen molar-refractivity contribution in [2.24, 2.45) is 0 Å². The molecule has 0 heterocycles. The quantitative estimate of drug-likeness (QED) is 0.106. The summed E-state index contributed by atoms with van der Waals surface area (Å²) in [6.07, 6.45) is 21.6. The molecule has 0 aromatic heterocycles. The van der Waals surface area contributed by atoms with Gasteiger partial charge in [0.2, 0.25) is 0 Å². The van der Waals surface area contributed by atoms with Crippen molar-refractivity contribution < 1.29 is 18.5 Å². The average Bonchev–Trinajstić information content (AvgIpc) is 2.60. The van der Waals surface area contributed by atoms with Gasteiger partial charge in [-0.15, -0.1) is 6.58 Å². The maximum atomic E-state index is 12.4. The molecule has 0 aliphatic rings. The maximum absolute atomic E-state index is 12.4. The van der Waals surface area contributed by atoms with Crippen LogP contribution in [-0.4, -0.2) is 42.9 Å². The van der Waals surface area contributed by atoms with E-state index in [9.17, 15) is 9.46 Å². The van der Waals surface area contributed by atoms with Gasteiger partial charge in [0.25, 0.3) is 0 Å². The Bertz CT molecular complexity index is 457. The lowest BCUT2D eigenvalue weighted by atomic mass is 10.1. The minimum absolute atomic E-state index is 0.352. The zero-order chi connectivity index (χ0) is 21.3. The lowest BCUT2D eigenvalue weighted by Gasteiger charge is -2.35. The fourth-order valence-electron chi connectivity index (χ4n) is 3.54. The standard InChI is InChI=1S/C23H46NO3P/c1-6-8-9-10-11-12-13-14-15-16-17-18-19-20-21-22-27-28(25,26)23(7-2)24(3,4)5/h6,11-12,23H,1,7-10,13-22H2,2-5H3/p+1. The summed E-state index contributed by atoms with van der Waals surface area (Å²) in [4.78, 5) is 10.2. The van der Waals surface area contributed by atoms with Crippen LogP contribution in [0.15, 0.2) is 24.8 Å². The minimum atomic E-state index is -3.55. The van der Waals surface area contributed by atoms with Crippen LogP contribution in [0.25, 0.3) is 0 Å². The molecule has 0 aromatic rings. The van der Waals surface area contributed by atoms with Gasteiger partial charge in [0, 0.05) is 6.42 Å². The first-order chi connectivity index (χ1) is 13.3. The number of allylic oxidation sites excluding steroid dienone is 3. The number of unbranched alkanes of at least 4 members (excludes halogenated alkanes) is 10. The molecular formula is C23H47NO3P+. The summed E-state index contributed by atoms with van der Waals surface area (Å²) < 4.78 is 18.3. The number of nitrogens with zero attached hydrogens (tertiary/aromatic N) is 1. The van der Waals surface area contributed by atoms with Crippen LogP contribution in [0.4, 0.5) is 0 Å². The molecule has 0 rings (SSSR count). The van der Waals surface area contributed by atoms with E-state index >= 15 is 0 Å². The molecule has 4 nitrogen and oxygen atoms in total. The molecule has 28 heavy (non-hydrogen) atoms. The maximum Gasteiger partial charge on any atom is 0.385 e. The van der Waals surface area contributed by atoms with E-state index in [0.29, 0.717) is 17.5 Å². The lowest BCUT2D eigenvalue weighted by molar-refractivity contribution is -0.883. The van der Waals surface area contributed by atoms with E-state index in [0.717, 1.165) is 19.3 Å². The van der Waals surface area contributed by atoms with Crippen LogP contribution in [-0.2, 0) is 9.09 Å². The zero-order valence-corrected chi connectivity index (χ0v) is 20.0. The van der Waals surface area contributed by atoms with Gasteiger partial charge in [-0.1, -0.05) is 63.7 Å². The zero-order valence-electron chi connectivity index (χ0n) is 19.1. The van der Waals surface area contributed by atoms with E-state index in [-0.39, 0.29) is 5.78 Å². The number of rotatable bonds is 19. The smallest absolute Gasteiger partial charge is 0.320 e. The van der Waals surface area contributed by atoms with Gasteiger partial charge >= 0.3 is 7.60 Å². The fourth-order valence-corrected chi connectivity index (χ4v) is 5.44. The average molecular weight is 417 g/mol. The van der Waals surface area contributed by atoms with E-state index in [1.54, 1.807) is 0 Å². The predicted molar refractivity (Wildman–Crippen MR) is 123 cm³/mol. The Morgan fingerprint density at radius 2 is 1.39 bits per heavy atom. The molecule has 0 saturated carbocycles. The van der Waals surface area contributed by atoms with Gasteiger partial charge in [-0.25, -0.2) is 0 Å². The van der Waals surface area contributed by atoms with Gasteiger partial charge in [-0.2, -0.15) is 0 Å². The van der Waals surface area contributed by atoms with Gasteiger partial charge in [-0.3, -0.25) is 4.57 Å². The number of hydrogen-bond acceptors (Lipinski definition) is 2. The minimum Gasteiger partial charge on any atom is -0.320 e. The summed E-state index contributed by atoms with van der Waals surface area (Å²) in [6, 6.07) is 0. The van der Waals surface area contributed by atoms with Crippen LogP contribution in [0.3, 0.4) is 0 Å². The third-order valence-corrected chi connectivity index (χ3v) is 7.49. The van der Waals surface area contributed by atoms with E-state index in [4.69, 9.17) is 4.52 Å². The van der Waals surface area contributed by atoms with Crippen molar-refractivity contribution in [1.82, 2.24) is 0 Å². The largest absolute Gasteiger partial charge is 0.385 e. The highest BCUT2D eigenvalue weighted by Crippen LogP contribution is 2.51. The van der Waals surface area contributed by atoms with Gasteiger partial charge < -0.3 is 13.9 Å². The van der Waals surface area contributed by atoms with Crippen molar-refractivity contribution in [2.45, 2.75) is 96.2 Å². The summed E-state index contributed by atoms with van der Waals surface area (Å²) in [5.74, 6) is -0.352. The summed E-state index contributed by atoms with van der Waals surface area (Å²) in [6.45, 7) is 6.08. The van der Waals surface area contributed by atoms with Crippen LogP contribution in [0, 0.1) is 0 Å². The van der Waals surface area contributed by atoms with Gasteiger partial charge in [0.1, 0.15) is 0 Å². The van der Waals surface area contributed by atoms with E-state index in [2.05, 4.69) is 18.7 Å². The van der Waals surface area contributed by atoms with Crippen LogP contribution in [0.1, 0.15) is 90.4 Å². The first-order valence-corrected chi connectivity index (χ1v) is 12.9. The Morgan fingerprint density at radius 3 is 1.89 bits per heavy atom. The topological polar surface area (TPSA) is 46.5 Å². The highest BCUT2D eigenvalue weighted by molar-refractivity contribution is 7.53. The highest BCUT2D eigenvalue weighted by atomic mass is 31.2. The molecule has 0 spiro atoms. The summed E-state index contributed by atoms with van der Waals surface area (Å²) in [5, 5.41) is 0. The molecule has 0 bridgehead atoms. The Balaban J connectivity index is 3.55. The molecule has 2 unspecified atom stereocenters. The van der Waals surface area contributed by atoms with E-state index in [1.165, 1.54) is 57.8 Å². The second kappa shape index (κ2) is 16.4. The molecular weight excluding hydrogens is 369 g/mol. The molecule has 2 atom stereocenters. The highest BCUT2D eigenvalue weighted by Gasteiger charge is 2.41. The van der Waals surface area contributed by atoms with Crippen molar-refractivity contribution in [2.75, 3.05) is 27.7 Å². The Kier molecular flexibility index (Phi) is 16.2. The molecule has 0 saturated heterocycles. The fraction of sp³-hybridized carbons (Fsp3) is 0.826. The first-order valence-electron chi connectivity index (χ1n) is 11.3. The van der Waals surface area contributed by atoms with Crippen molar-refractivity contribution >= 4 is 7.60 Å². The van der Waals surface area contributed by atoms with Gasteiger partial charge in [0.15, 0.2) is 5.78 Å². The Hall–Kier alpha value is -0.410. The molecule has 0 fully saturated rings. The van der Waals surface area contributed by atoms with Crippen molar-refractivity contribution in [3.05, 3.63) is 24.8 Å². The molecule has 0 amide bonds. The second-order valence-corrected chi connectivity index (χ2v) is 10.7. The lowest BCUT2D eigenvalue weighted by Crippen LogP contribution is -2.44. The number of quaternary nitrogens is 1. The van der Waals surface area contributed by atoms with E-state index < -0.39 is 7.60 Å². The molecule has 0 radical (unpaired) electrons. The summed E-state index contributed by atoms with van der Waals surface area (Å²) >= 11 is 0. The van der Waals surface area contributed by atoms with Crippen molar-refractivity contribution in [3.8, 4) is 0 Å². The number of hydrogen-bond donors (Lipinski definition) is 1. The van der Waals surface area contributed by atoms with Crippen molar-refractivity contribution in [3.63, 3.8) is 0 Å². The van der Waals surface area contributed by atoms with Crippen molar-refractivity contribution in [1.29, 1.82) is 0 Å². The monoisotopic (exact) mass is 416 g/mol. The SMILES string of the molecule is C=CCCCC=CCCCCCCCCCCOP(=O)(O)C(CC)[N+](C)(C)C. The van der Waals surface area contributed by atoms with Crippen LogP contribution >= 0.6 is 7.60 Å². The molecule has 1 N–H and O–H groups in total. The molecule has 0 aliphatic heterocycles. The summed E-state index contributed by atoms with van der Waals surface area (Å²) in [7, 11) is 2.29. The van der Waals surface area contributed by atoms with Crippen LogP contribution in [0.5, 0.6) is 0 Å². The van der Waals surface area contributed by atoms with Gasteiger partial charge in [0.05, 0.1) is 27.7 Å².